The van der Waals surface area contributed by atoms with Crippen LogP contribution < -0.4 is 5.73 Å². The smallest absolute Gasteiger partial charge is 0.269 e. The Morgan fingerprint density at radius 3 is 2.75 bits per heavy atom. The highest BCUT2D eigenvalue weighted by Gasteiger charge is 2.70. The number of carbonyl (C=O) groups excluding carboxylic acids is 2. The van der Waals surface area contributed by atoms with Gasteiger partial charge in [0.1, 0.15) is 0 Å². The fraction of sp³-hybridized carbons (Fsp3) is 0.435. The topological polar surface area (TPSA) is 101 Å². The van der Waals surface area contributed by atoms with Crippen molar-refractivity contribution in [1.82, 2.24) is 14.7 Å². The zero-order chi connectivity index (χ0) is 23.1. The lowest BCUT2D eigenvalue weighted by atomic mass is 9.51. The zero-order valence-electron chi connectivity index (χ0n) is 17.7. The van der Waals surface area contributed by atoms with E-state index in [0.29, 0.717) is 23.5 Å². The number of nitrogens with two attached hydrogens (primary N) is 1. The van der Waals surface area contributed by atoms with Crippen molar-refractivity contribution < 1.29 is 23.5 Å². The molecule has 2 aromatic rings. The van der Waals surface area contributed by atoms with Crippen molar-refractivity contribution in [3.05, 3.63) is 46.8 Å². The van der Waals surface area contributed by atoms with E-state index in [2.05, 4.69) is 16.9 Å². The number of nitrogens with zero attached hydrogens (tertiary/aromatic N) is 3. The zero-order valence-corrected chi connectivity index (χ0v) is 17.7. The molecule has 2 heterocycles. The number of hydrogen-bond acceptors (Lipinski definition) is 4. The van der Waals surface area contributed by atoms with E-state index in [1.807, 2.05) is 0 Å². The number of halogens is 2. The summed E-state index contributed by atoms with van der Waals surface area (Å²) in [6, 6.07) is 6.83. The summed E-state index contributed by atoms with van der Waals surface area (Å²) in [6.07, 6.45) is 0.575. The predicted octanol–water partition coefficient (Wildman–Crippen LogP) is 1.60. The van der Waals surface area contributed by atoms with Crippen LogP contribution in [-0.4, -0.2) is 56.7 Å². The molecule has 3 N–H and O–H groups in total. The van der Waals surface area contributed by atoms with E-state index in [1.54, 1.807) is 38.2 Å². The highest BCUT2D eigenvalue weighted by molar-refractivity contribution is 5.93. The lowest BCUT2D eigenvalue weighted by Gasteiger charge is -2.56. The number of amides is 2. The highest BCUT2D eigenvalue weighted by Crippen LogP contribution is 2.68. The Morgan fingerprint density at radius 2 is 2.12 bits per heavy atom. The Hall–Kier alpha value is -3.25. The number of aromatic nitrogens is 2. The van der Waals surface area contributed by atoms with E-state index < -0.39 is 34.7 Å². The summed E-state index contributed by atoms with van der Waals surface area (Å²) in [6.45, 7) is 1.97. The van der Waals surface area contributed by atoms with Crippen molar-refractivity contribution in [1.29, 1.82) is 0 Å². The number of likely N-dealkylation sites (N-methyl/N-ethyl adjacent to an activating group) is 1. The molecule has 1 unspecified atom stereocenters. The van der Waals surface area contributed by atoms with Crippen LogP contribution in [0.5, 0.6) is 0 Å². The van der Waals surface area contributed by atoms with Crippen molar-refractivity contribution in [3.8, 4) is 17.5 Å². The number of carbonyl (C=O) groups is 2. The Labute approximate surface area is 183 Å². The summed E-state index contributed by atoms with van der Waals surface area (Å²) in [5.41, 5.74) is 4.27. The van der Waals surface area contributed by atoms with Crippen molar-refractivity contribution >= 4 is 11.8 Å². The molecule has 2 fully saturated rings. The molecule has 3 aliphatic carbocycles. The molecule has 1 saturated heterocycles. The molecule has 6 rings (SSSR count). The van der Waals surface area contributed by atoms with E-state index in [9.17, 15) is 23.5 Å². The van der Waals surface area contributed by atoms with E-state index >= 15 is 0 Å². The second-order valence-corrected chi connectivity index (χ2v) is 9.24. The first-order chi connectivity index (χ1) is 15.0. The van der Waals surface area contributed by atoms with Gasteiger partial charge in [-0.1, -0.05) is 24.8 Å². The van der Waals surface area contributed by atoms with Crippen molar-refractivity contribution in [2.24, 2.45) is 11.1 Å². The maximum atomic E-state index is 14.7. The lowest BCUT2D eigenvalue weighted by Crippen LogP contribution is -2.60. The van der Waals surface area contributed by atoms with E-state index in [1.165, 1.54) is 9.58 Å². The highest BCUT2D eigenvalue weighted by atomic mass is 19.3. The molecule has 9 heteroatoms. The first kappa shape index (κ1) is 20.6. The fourth-order valence-corrected chi connectivity index (χ4v) is 5.10. The van der Waals surface area contributed by atoms with E-state index in [4.69, 9.17) is 5.73 Å². The minimum Gasteiger partial charge on any atom is -0.369 e. The van der Waals surface area contributed by atoms with Crippen LogP contribution in [-0.2, 0) is 11.2 Å². The second-order valence-electron chi connectivity index (χ2n) is 9.24. The first-order valence-electron chi connectivity index (χ1n) is 10.4. The molecule has 0 radical (unpaired) electrons. The SMILES string of the molecule is CN1CC[C@@](O)(C#Cc2cccc(-n3nc(C(N)=O)c4c3C[C@@]3(C)CC4C3(F)F)c2)C1=O. The molecular weight excluding hydrogens is 418 g/mol. The van der Waals surface area contributed by atoms with E-state index in [0.717, 1.165) is 0 Å². The minimum atomic E-state index is -2.91. The molecule has 1 aromatic carbocycles. The van der Waals surface area contributed by atoms with Crippen LogP contribution in [0.1, 0.15) is 53.0 Å². The van der Waals surface area contributed by atoms with Gasteiger partial charge in [-0.25, -0.2) is 13.5 Å². The van der Waals surface area contributed by atoms with Crippen LogP contribution in [0.4, 0.5) is 8.78 Å². The van der Waals surface area contributed by atoms with Gasteiger partial charge < -0.3 is 15.7 Å². The number of alkyl halides is 2. The van der Waals surface area contributed by atoms with Crippen molar-refractivity contribution in [2.75, 3.05) is 13.6 Å². The molecule has 1 aliphatic heterocycles. The molecule has 2 bridgehead atoms. The molecule has 166 valence electrons. The summed E-state index contributed by atoms with van der Waals surface area (Å²) >= 11 is 0. The average Bonchev–Trinajstić information content (AvgIpc) is 3.26. The van der Waals surface area contributed by atoms with Gasteiger partial charge in [-0.15, -0.1) is 0 Å². The van der Waals surface area contributed by atoms with Crippen LogP contribution in [0, 0.1) is 17.3 Å². The monoisotopic (exact) mass is 440 g/mol. The largest absolute Gasteiger partial charge is 0.369 e. The van der Waals surface area contributed by atoms with Crippen LogP contribution in [0.2, 0.25) is 0 Å². The fourth-order valence-electron chi connectivity index (χ4n) is 5.10. The van der Waals surface area contributed by atoms with Gasteiger partial charge in [-0.2, -0.15) is 5.10 Å². The summed E-state index contributed by atoms with van der Waals surface area (Å²) in [7, 11) is 1.61. The Balaban J connectivity index is 1.56. The van der Waals surface area contributed by atoms with Crippen LogP contribution in [0.15, 0.2) is 24.3 Å². The third-order valence-corrected chi connectivity index (χ3v) is 7.07. The summed E-state index contributed by atoms with van der Waals surface area (Å²) in [5.74, 6) is 0.226. The van der Waals surface area contributed by atoms with Crippen molar-refractivity contribution in [3.63, 3.8) is 0 Å². The average molecular weight is 440 g/mol. The van der Waals surface area contributed by atoms with Gasteiger partial charge in [-0.3, -0.25) is 9.59 Å². The maximum absolute atomic E-state index is 14.7. The van der Waals surface area contributed by atoms with Crippen LogP contribution in [0.25, 0.3) is 5.69 Å². The first-order valence-corrected chi connectivity index (χ1v) is 10.4. The summed E-state index contributed by atoms with van der Waals surface area (Å²) in [4.78, 5) is 25.6. The molecule has 0 spiro atoms. The predicted molar refractivity (Wildman–Crippen MR) is 110 cm³/mol. The molecular formula is C23H22F2N4O3. The van der Waals surface area contributed by atoms with Gasteiger partial charge >= 0.3 is 0 Å². The Bertz CT molecular complexity index is 1240. The van der Waals surface area contributed by atoms with Crippen LogP contribution >= 0.6 is 0 Å². The Morgan fingerprint density at radius 1 is 1.38 bits per heavy atom. The lowest BCUT2D eigenvalue weighted by molar-refractivity contribution is -0.221. The standard InChI is InChI=1S/C23H22F2N4O3/c1-21-11-15(23(21,24)25)17-16(12-21)29(27-18(17)19(26)30)14-5-3-4-13(10-14)6-7-22(32)8-9-28(2)20(22)31/h3-5,10,15,32H,8-9,11-12H2,1-2H3,(H2,26,30)/t15?,21-,22+/m1/s1. The quantitative estimate of drug-likeness (QED) is 0.693. The van der Waals surface area contributed by atoms with Gasteiger partial charge in [0.25, 0.3) is 17.7 Å². The van der Waals surface area contributed by atoms with Gasteiger partial charge in [0.15, 0.2) is 5.69 Å². The third kappa shape index (κ3) is 2.65. The summed E-state index contributed by atoms with van der Waals surface area (Å²) in [5, 5.41) is 14.8. The third-order valence-electron chi connectivity index (χ3n) is 7.07. The molecule has 4 aliphatic rings. The molecule has 2 amide bonds. The Kier molecular flexibility index (Phi) is 4.12. The van der Waals surface area contributed by atoms with E-state index in [-0.39, 0.29) is 30.5 Å². The number of benzene rings is 1. The number of rotatable bonds is 2. The van der Waals surface area contributed by atoms with Crippen molar-refractivity contribution in [2.45, 2.75) is 43.6 Å². The number of primary amides is 1. The molecule has 7 nitrogen and oxygen atoms in total. The molecule has 3 atom stereocenters. The maximum Gasteiger partial charge on any atom is 0.269 e. The van der Waals surface area contributed by atoms with Gasteiger partial charge in [0.2, 0.25) is 5.60 Å². The summed E-state index contributed by atoms with van der Waals surface area (Å²) < 4.78 is 30.9. The number of hydrogen-bond donors (Lipinski definition) is 2. The molecule has 1 saturated carbocycles. The van der Waals surface area contributed by atoms with Gasteiger partial charge in [0.05, 0.1) is 11.6 Å². The number of likely N-dealkylation sites (tertiary alicyclic amines) is 1. The second kappa shape index (κ2) is 6.39. The minimum absolute atomic E-state index is 0.0720. The molecule has 32 heavy (non-hydrogen) atoms. The van der Waals surface area contributed by atoms with Crippen LogP contribution in [0.3, 0.4) is 0 Å². The van der Waals surface area contributed by atoms with Gasteiger partial charge in [-0.05, 0) is 24.6 Å². The van der Waals surface area contributed by atoms with Gasteiger partial charge in [0, 0.05) is 48.7 Å². The molecule has 1 aromatic heterocycles. The normalized spacial score (nSPS) is 29.7. The number of aliphatic hydroxyl groups is 1.